The molecular formula is C23H18ClN3O4. The number of aliphatic carboxylic acids is 1. The van der Waals surface area contributed by atoms with E-state index in [2.05, 4.69) is 4.98 Å². The van der Waals surface area contributed by atoms with Crippen molar-refractivity contribution in [2.45, 2.75) is 6.61 Å². The molecule has 0 fully saturated rings. The van der Waals surface area contributed by atoms with Crippen molar-refractivity contribution in [3.05, 3.63) is 93.8 Å². The van der Waals surface area contributed by atoms with Crippen LogP contribution in [0.25, 0.3) is 22.7 Å². The summed E-state index contributed by atoms with van der Waals surface area (Å²) in [5, 5.41) is 10.3. The normalized spacial score (nSPS) is 11.3. The van der Waals surface area contributed by atoms with Crippen molar-refractivity contribution < 1.29 is 14.6 Å². The molecule has 0 aliphatic rings. The van der Waals surface area contributed by atoms with E-state index in [9.17, 15) is 9.59 Å². The number of carboxylic acids is 1. The number of benzene rings is 1. The number of nitrogens with zero attached hydrogens (tertiary/aromatic N) is 3. The van der Waals surface area contributed by atoms with Crippen LogP contribution in [0.5, 0.6) is 5.75 Å². The van der Waals surface area contributed by atoms with Gasteiger partial charge in [0.25, 0.3) is 5.56 Å². The molecule has 0 spiro atoms. The van der Waals surface area contributed by atoms with Gasteiger partial charge in [0.05, 0.1) is 21.9 Å². The van der Waals surface area contributed by atoms with Gasteiger partial charge in [0.1, 0.15) is 12.4 Å². The van der Waals surface area contributed by atoms with Crippen LogP contribution in [0.15, 0.2) is 71.8 Å². The van der Waals surface area contributed by atoms with Gasteiger partial charge in [-0.3, -0.25) is 14.3 Å². The van der Waals surface area contributed by atoms with Gasteiger partial charge in [-0.1, -0.05) is 17.7 Å². The molecule has 156 valence electrons. The van der Waals surface area contributed by atoms with E-state index >= 15 is 0 Å². The van der Waals surface area contributed by atoms with E-state index in [0.29, 0.717) is 22.2 Å². The monoisotopic (exact) mass is 435 g/mol. The number of pyridine rings is 2. The molecule has 0 aliphatic carbocycles. The van der Waals surface area contributed by atoms with Gasteiger partial charge in [0.15, 0.2) is 0 Å². The number of fused-ring (bicyclic) bond motifs is 1. The number of carboxylic acid groups (broad SMARTS) is 1. The number of halogens is 1. The summed E-state index contributed by atoms with van der Waals surface area (Å²) in [6, 6.07) is 14.1. The maximum atomic E-state index is 12.7. The topological polar surface area (TPSA) is 86.3 Å². The third-order valence-electron chi connectivity index (χ3n) is 4.81. The van der Waals surface area contributed by atoms with Gasteiger partial charge in [-0.25, -0.2) is 4.79 Å². The van der Waals surface area contributed by atoms with E-state index in [4.69, 9.17) is 21.4 Å². The molecule has 0 saturated carbocycles. The van der Waals surface area contributed by atoms with Gasteiger partial charge in [-0.15, -0.1) is 0 Å². The van der Waals surface area contributed by atoms with Gasteiger partial charge in [0, 0.05) is 42.7 Å². The highest BCUT2D eigenvalue weighted by molar-refractivity contribution is 6.30. The minimum atomic E-state index is -1.01. The fraction of sp³-hybridized carbons (Fsp3) is 0.0870. The molecule has 0 radical (unpaired) electrons. The minimum Gasteiger partial charge on any atom is -0.487 e. The SMILES string of the molecule is Cn1c(C=CC(=O)O)cc2ccc(-n3ccc(OCc4ccc(Cl)cn4)cc3=O)cc21. The van der Waals surface area contributed by atoms with E-state index in [1.807, 2.05) is 35.9 Å². The van der Waals surface area contributed by atoms with E-state index in [-0.39, 0.29) is 12.2 Å². The molecule has 0 aliphatic heterocycles. The number of rotatable bonds is 6. The van der Waals surface area contributed by atoms with Crippen molar-refractivity contribution in [3.8, 4) is 11.4 Å². The first-order valence-corrected chi connectivity index (χ1v) is 9.75. The van der Waals surface area contributed by atoms with Crippen LogP contribution in [0.4, 0.5) is 0 Å². The van der Waals surface area contributed by atoms with Crippen molar-refractivity contribution >= 4 is 34.5 Å². The first-order chi connectivity index (χ1) is 14.9. The molecule has 1 N–H and O–H groups in total. The Bertz CT molecular complexity index is 1350. The second kappa shape index (κ2) is 8.49. The van der Waals surface area contributed by atoms with E-state index in [1.165, 1.54) is 16.7 Å². The van der Waals surface area contributed by atoms with Crippen LogP contribution >= 0.6 is 11.6 Å². The summed E-state index contributed by atoms with van der Waals surface area (Å²) in [7, 11) is 1.85. The highest BCUT2D eigenvalue weighted by Gasteiger charge is 2.08. The van der Waals surface area contributed by atoms with Crippen molar-refractivity contribution in [1.29, 1.82) is 0 Å². The van der Waals surface area contributed by atoms with Crippen LogP contribution in [0, 0.1) is 0 Å². The maximum absolute atomic E-state index is 12.7. The van der Waals surface area contributed by atoms with Crippen LogP contribution in [0.3, 0.4) is 0 Å². The van der Waals surface area contributed by atoms with Gasteiger partial charge in [0.2, 0.25) is 0 Å². The van der Waals surface area contributed by atoms with Gasteiger partial charge < -0.3 is 14.4 Å². The summed E-state index contributed by atoms with van der Waals surface area (Å²) in [6.07, 6.45) is 5.83. The Balaban J connectivity index is 1.58. The molecule has 7 nitrogen and oxygen atoms in total. The smallest absolute Gasteiger partial charge is 0.328 e. The summed E-state index contributed by atoms with van der Waals surface area (Å²) in [6.45, 7) is 0.225. The summed E-state index contributed by atoms with van der Waals surface area (Å²) < 4.78 is 9.06. The zero-order valence-corrected chi connectivity index (χ0v) is 17.3. The van der Waals surface area contributed by atoms with Gasteiger partial charge in [-0.2, -0.15) is 0 Å². The molecule has 31 heavy (non-hydrogen) atoms. The lowest BCUT2D eigenvalue weighted by atomic mass is 10.2. The van der Waals surface area contributed by atoms with Crippen molar-refractivity contribution in [2.75, 3.05) is 0 Å². The number of hydrogen-bond donors (Lipinski definition) is 1. The van der Waals surface area contributed by atoms with Gasteiger partial charge >= 0.3 is 5.97 Å². The molecule has 3 aromatic heterocycles. The summed E-state index contributed by atoms with van der Waals surface area (Å²) in [5.41, 5.74) is 2.79. The summed E-state index contributed by atoms with van der Waals surface area (Å²) >= 11 is 5.83. The first kappa shape index (κ1) is 20.4. The van der Waals surface area contributed by atoms with Gasteiger partial charge in [-0.05, 0) is 42.5 Å². The van der Waals surface area contributed by atoms with Crippen LogP contribution in [-0.4, -0.2) is 25.2 Å². The Hall–Kier alpha value is -3.84. The molecule has 4 rings (SSSR count). The Kier molecular flexibility index (Phi) is 5.60. The van der Waals surface area contributed by atoms with E-state index < -0.39 is 5.97 Å². The third-order valence-corrected chi connectivity index (χ3v) is 5.03. The summed E-state index contributed by atoms with van der Waals surface area (Å²) in [4.78, 5) is 27.6. The minimum absolute atomic E-state index is 0.225. The highest BCUT2D eigenvalue weighted by Crippen LogP contribution is 2.23. The molecule has 0 bridgehead atoms. The molecule has 3 heterocycles. The lowest BCUT2D eigenvalue weighted by molar-refractivity contribution is -0.131. The molecule has 0 saturated heterocycles. The predicted molar refractivity (Wildman–Crippen MR) is 119 cm³/mol. The van der Waals surface area contributed by atoms with Crippen molar-refractivity contribution in [3.63, 3.8) is 0 Å². The zero-order valence-electron chi connectivity index (χ0n) is 16.5. The molecule has 0 amide bonds. The first-order valence-electron chi connectivity index (χ1n) is 9.37. The largest absolute Gasteiger partial charge is 0.487 e. The van der Waals surface area contributed by atoms with Crippen LogP contribution < -0.4 is 10.3 Å². The third kappa shape index (κ3) is 4.51. The molecular weight excluding hydrogens is 418 g/mol. The van der Waals surface area contributed by atoms with Crippen LogP contribution in [0.2, 0.25) is 5.02 Å². The number of hydrogen-bond acceptors (Lipinski definition) is 4. The van der Waals surface area contributed by atoms with Crippen LogP contribution in [-0.2, 0) is 18.4 Å². The number of carbonyl (C=O) groups is 1. The maximum Gasteiger partial charge on any atom is 0.328 e. The predicted octanol–water partition coefficient (Wildman–Crippen LogP) is 4.05. The van der Waals surface area contributed by atoms with Crippen LogP contribution in [0.1, 0.15) is 11.4 Å². The average Bonchev–Trinajstić information content (AvgIpc) is 3.07. The summed E-state index contributed by atoms with van der Waals surface area (Å²) in [5.74, 6) is -0.564. The van der Waals surface area contributed by atoms with E-state index in [1.54, 1.807) is 30.6 Å². The Morgan fingerprint density at radius 3 is 2.74 bits per heavy atom. The zero-order chi connectivity index (χ0) is 22.0. The van der Waals surface area contributed by atoms with E-state index in [0.717, 1.165) is 22.7 Å². The number of aromatic nitrogens is 3. The molecule has 0 atom stereocenters. The number of aryl methyl sites for hydroxylation is 1. The number of ether oxygens (including phenoxy) is 1. The van der Waals surface area contributed by atoms with Crippen molar-refractivity contribution in [1.82, 2.24) is 14.1 Å². The van der Waals surface area contributed by atoms with Crippen molar-refractivity contribution in [2.24, 2.45) is 7.05 Å². The lowest BCUT2D eigenvalue weighted by Crippen LogP contribution is -2.16. The average molecular weight is 436 g/mol. The Labute approximate surface area is 182 Å². The molecule has 1 aromatic carbocycles. The fourth-order valence-corrected chi connectivity index (χ4v) is 3.33. The Morgan fingerprint density at radius 2 is 2.03 bits per heavy atom. The second-order valence-electron chi connectivity index (χ2n) is 6.87. The second-order valence-corrected chi connectivity index (χ2v) is 7.31. The molecule has 8 heteroatoms. The highest BCUT2D eigenvalue weighted by atomic mass is 35.5. The fourth-order valence-electron chi connectivity index (χ4n) is 3.22. The lowest BCUT2D eigenvalue weighted by Gasteiger charge is -2.09. The molecule has 4 aromatic rings. The standard InChI is InChI=1S/C23H18ClN3O4/c1-26-18(6-7-23(29)30)10-15-2-5-19(11-21(15)26)27-9-8-20(12-22(27)28)31-14-17-4-3-16(24)13-25-17/h2-13H,14H2,1H3,(H,29,30). The molecule has 0 unspecified atom stereocenters. The Morgan fingerprint density at radius 1 is 1.19 bits per heavy atom. The quantitative estimate of drug-likeness (QED) is 0.462.